The minimum Gasteiger partial charge on any atom is -0.466 e. The summed E-state index contributed by atoms with van der Waals surface area (Å²) in [5.74, 6) is -0.393. The number of esters is 1. The van der Waals surface area contributed by atoms with Crippen molar-refractivity contribution in [1.29, 1.82) is 0 Å². The molecule has 7 nitrogen and oxygen atoms in total. The van der Waals surface area contributed by atoms with E-state index in [1.54, 1.807) is 11.8 Å². The Bertz CT molecular complexity index is 843. The maximum atomic E-state index is 12.7. The van der Waals surface area contributed by atoms with E-state index in [4.69, 9.17) is 4.74 Å². The van der Waals surface area contributed by atoms with Crippen LogP contribution in [0.2, 0.25) is 0 Å². The smallest absolute Gasteiger partial charge is 0.337 e. The van der Waals surface area contributed by atoms with E-state index in [2.05, 4.69) is 10.6 Å². The van der Waals surface area contributed by atoms with Crippen molar-refractivity contribution in [2.45, 2.75) is 58.4 Å². The van der Waals surface area contributed by atoms with E-state index in [9.17, 15) is 14.4 Å². The number of amides is 3. The Morgan fingerprint density at radius 1 is 1.23 bits per heavy atom. The number of carbonyl (C=O) groups excluding carboxylic acids is 3. The van der Waals surface area contributed by atoms with Gasteiger partial charge in [-0.05, 0) is 43.9 Å². The van der Waals surface area contributed by atoms with Gasteiger partial charge in [-0.15, -0.1) is 0 Å². The topological polar surface area (TPSA) is 87.7 Å². The summed E-state index contributed by atoms with van der Waals surface area (Å²) in [6.07, 6.45) is 5.99. The number of allylic oxidation sites excluding steroid dienone is 1. The fraction of sp³-hybridized carbons (Fsp3) is 0.522. The molecule has 1 unspecified atom stereocenters. The van der Waals surface area contributed by atoms with Crippen LogP contribution in [0.15, 0.2) is 35.5 Å². The number of nitrogens with one attached hydrogen (secondary N) is 2. The number of methoxy groups -OCH3 is 1. The zero-order chi connectivity index (χ0) is 21.7. The molecule has 162 valence electrons. The summed E-state index contributed by atoms with van der Waals surface area (Å²) in [6.45, 7) is 4.26. The number of nitrogens with zero attached hydrogens (tertiary/aromatic N) is 1. The number of urea groups is 1. The monoisotopic (exact) mass is 413 g/mol. The molecule has 1 aliphatic carbocycles. The van der Waals surface area contributed by atoms with Crippen molar-refractivity contribution in [3.63, 3.8) is 0 Å². The van der Waals surface area contributed by atoms with Gasteiger partial charge in [-0.25, -0.2) is 9.59 Å². The molecule has 1 aromatic rings. The van der Waals surface area contributed by atoms with Crippen LogP contribution in [-0.2, 0) is 14.3 Å². The Kier molecular flexibility index (Phi) is 7.13. The van der Waals surface area contributed by atoms with E-state index in [-0.39, 0.29) is 17.9 Å². The molecule has 0 spiro atoms. The molecule has 2 N–H and O–H groups in total. The van der Waals surface area contributed by atoms with Gasteiger partial charge in [-0.3, -0.25) is 9.69 Å². The molecule has 7 heteroatoms. The number of ether oxygens (including phenoxy) is 1. The molecule has 1 atom stereocenters. The van der Waals surface area contributed by atoms with Crippen molar-refractivity contribution in [1.82, 2.24) is 10.2 Å². The van der Waals surface area contributed by atoms with Crippen LogP contribution in [-0.4, -0.2) is 36.5 Å². The lowest BCUT2D eigenvalue weighted by Crippen LogP contribution is -2.48. The van der Waals surface area contributed by atoms with Gasteiger partial charge in [-0.2, -0.15) is 0 Å². The van der Waals surface area contributed by atoms with Crippen molar-refractivity contribution in [3.05, 3.63) is 41.1 Å². The quantitative estimate of drug-likeness (QED) is 0.687. The summed E-state index contributed by atoms with van der Waals surface area (Å²) in [5, 5.41) is 5.93. The fourth-order valence-corrected chi connectivity index (χ4v) is 4.30. The molecular formula is C23H31N3O4. The number of benzene rings is 1. The molecule has 1 saturated carbocycles. The number of hydrogen-bond acceptors (Lipinski definition) is 4. The first-order valence-electron chi connectivity index (χ1n) is 10.7. The summed E-state index contributed by atoms with van der Waals surface area (Å²) < 4.78 is 5.00. The van der Waals surface area contributed by atoms with Gasteiger partial charge in [0.1, 0.15) is 0 Å². The van der Waals surface area contributed by atoms with Gasteiger partial charge in [-0.1, -0.05) is 38.3 Å². The molecule has 1 aromatic carbocycles. The third kappa shape index (κ3) is 4.66. The molecule has 3 rings (SSSR count). The van der Waals surface area contributed by atoms with Crippen LogP contribution >= 0.6 is 0 Å². The number of rotatable bonds is 6. The van der Waals surface area contributed by atoms with Gasteiger partial charge in [0.2, 0.25) is 5.91 Å². The molecule has 1 heterocycles. The summed E-state index contributed by atoms with van der Waals surface area (Å²) >= 11 is 0. The molecule has 0 bridgehead atoms. The Hall–Kier alpha value is -2.83. The zero-order valence-electron chi connectivity index (χ0n) is 18.0. The van der Waals surface area contributed by atoms with Crippen LogP contribution in [0, 0.1) is 5.92 Å². The van der Waals surface area contributed by atoms with Crippen LogP contribution in [0.5, 0.6) is 0 Å². The lowest BCUT2D eigenvalue weighted by Gasteiger charge is -2.35. The molecule has 1 aliphatic heterocycles. The predicted molar refractivity (Wildman–Crippen MR) is 115 cm³/mol. The Balaban J connectivity index is 1.88. The highest BCUT2D eigenvalue weighted by atomic mass is 16.5. The summed E-state index contributed by atoms with van der Waals surface area (Å²) in [5.41, 5.74) is 2.38. The normalized spacial score (nSPS) is 20.0. The standard InChI is InChI=1S/C23H31N3O4/c1-4-13-26-15(2)19(22(28)30-3)20(25-23(26)29)17-11-8-12-18(14-17)24-21(27)16-9-6-5-7-10-16/h8,11-12,14,16,20H,4-7,9-10,13H2,1-3H3,(H,24,27)(H,25,29). The molecule has 3 amide bonds. The van der Waals surface area contributed by atoms with E-state index in [1.807, 2.05) is 31.2 Å². The van der Waals surface area contributed by atoms with Crippen molar-refractivity contribution >= 4 is 23.6 Å². The van der Waals surface area contributed by atoms with Gasteiger partial charge >= 0.3 is 12.0 Å². The SMILES string of the molecule is CCCN1C(=O)NC(c2cccc(NC(=O)C3CCCCC3)c2)C(C(=O)OC)=C1C. The van der Waals surface area contributed by atoms with Crippen LogP contribution in [0.3, 0.4) is 0 Å². The third-order valence-corrected chi connectivity index (χ3v) is 5.91. The highest BCUT2D eigenvalue weighted by Gasteiger charge is 2.36. The number of anilines is 1. The van der Waals surface area contributed by atoms with E-state index in [0.29, 0.717) is 23.5 Å². The molecule has 0 radical (unpaired) electrons. The van der Waals surface area contributed by atoms with Crippen LogP contribution in [0.4, 0.5) is 10.5 Å². The molecule has 0 saturated heterocycles. The van der Waals surface area contributed by atoms with Gasteiger partial charge in [0.15, 0.2) is 0 Å². The summed E-state index contributed by atoms with van der Waals surface area (Å²) in [7, 11) is 1.33. The van der Waals surface area contributed by atoms with E-state index in [0.717, 1.165) is 37.7 Å². The second-order valence-corrected chi connectivity index (χ2v) is 7.97. The fourth-order valence-electron chi connectivity index (χ4n) is 4.30. The number of carbonyl (C=O) groups is 3. The van der Waals surface area contributed by atoms with E-state index in [1.165, 1.54) is 13.5 Å². The first-order valence-corrected chi connectivity index (χ1v) is 10.7. The highest BCUT2D eigenvalue weighted by Crippen LogP contribution is 2.33. The highest BCUT2D eigenvalue weighted by molar-refractivity contribution is 5.95. The maximum Gasteiger partial charge on any atom is 0.337 e. The minimum atomic E-state index is -0.635. The zero-order valence-corrected chi connectivity index (χ0v) is 18.0. The average molecular weight is 414 g/mol. The second-order valence-electron chi connectivity index (χ2n) is 7.97. The van der Waals surface area contributed by atoms with Gasteiger partial charge < -0.3 is 15.4 Å². The Morgan fingerprint density at radius 2 is 1.97 bits per heavy atom. The maximum absolute atomic E-state index is 12.7. The van der Waals surface area contributed by atoms with Gasteiger partial charge in [0, 0.05) is 23.8 Å². The van der Waals surface area contributed by atoms with Crippen LogP contribution in [0.25, 0.3) is 0 Å². The summed E-state index contributed by atoms with van der Waals surface area (Å²) in [6, 6.07) is 6.42. The average Bonchev–Trinajstić information content (AvgIpc) is 2.76. The molecule has 1 fully saturated rings. The van der Waals surface area contributed by atoms with E-state index >= 15 is 0 Å². The van der Waals surface area contributed by atoms with Crippen molar-refractivity contribution in [3.8, 4) is 0 Å². The molecule has 2 aliphatic rings. The van der Waals surface area contributed by atoms with E-state index < -0.39 is 12.0 Å². The van der Waals surface area contributed by atoms with Crippen LogP contribution < -0.4 is 10.6 Å². The van der Waals surface area contributed by atoms with Crippen molar-refractivity contribution in [2.24, 2.45) is 5.92 Å². The van der Waals surface area contributed by atoms with Crippen molar-refractivity contribution < 1.29 is 19.1 Å². The van der Waals surface area contributed by atoms with Gasteiger partial charge in [0.25, 0.3) is 0 Å². The number of hydrogen-bond donors (Lipinski definition) is 2. The molecular weight excluding hydrogens is 382 g/mol. The minimum absolute atomic E-state index is 0.0357. The lowest BCUT2D eigenvalue weighted by atomic mass is 9.88. The Morgan fingerprint density at radius 3 is 2.63 bits per heavy atom. The summed E-state index contributed by atoms with van der Waals surface area (Å²) in [4.78, 5) is 39.4. The Labute approximate surface area is 177 Å². The van der Waals surface area contributed by atoms with Crippen molar-refractivity contribution in [2.75, 3.05) is 19.0 Å². The second kappa shape index (κ2) is 9.78. The molecule has 0 aromatic heterocycles. The lowest BCUT2D eigenvalue weighted by molar-refractivity contribution is -0.136. The predicted octanol–water partition coefficient (Wildman–Crippen LogP) is 4.13. The van der Waals surface area contributed by atoms with Crippen LogP contribution in [0.1, 0.15) is 64.0 Å². The largest absolute Gasteiger partial charge is 0.466 e. The molecule has 30 heavy (non-hydrogen) atoms. The van der Waals surface area contributed by atoms with Gasteiger partial charge in [0.05, 0.1) is 18.7 Å². The third-order valence-electron chi connectivity index (χ3n) is 5.91. The first-order chi connectivity index (χ1) is 14.5. The first kappa shape index (κ1) is 21.9.